The van der Waals surface area contributed by atoms with E-state index in [9.17, 15) is 9.59 Å². The van der Waals surface area contributed by atoms with Crippen LogP contribution in [-0.4, -0.2) is 31.9 Å². The van der Waals surface area contributed by atoms with Gasteiger partial charge in [0.1, 0.15) is 6.10 Å². The Morgan fingerprint density at radius 2 is 2.07 bits per heavy atom. The first-order valence-corrected chi connectivity index (χ1v) is 5.10. The van der Waals surface area contributed by atoms with E-state index in [1.54, 1.807) is 6.92 Å². The van der Waals surface area contributed by atoms with Crippen molar-refractivity contribution in [3.63, 3.8) is 0 Å². The fourth-order valence-electron chi connectivity index (χ4n) is 1.76. The molecule has 86 valence electrons. The van der Waals surface area contributed by atoms with E-state index in [0.29, 0.717) is 19.4 Å². The summed E-state index contributed by atoms with van der Waals surface area (Å²) in [4.78, 5) is 22.4. The number of ether oxygens (including phenoxy) is 3. The van der Waals surface area contributed by atoms with Crippen LogP contribution in [0.4, 0.5) is 4.79 Å². The molecular weight excluding hydrogens is 200 g/mol. The second kappa shape index (κ2) is 5.58. The van der Waals surface area contributed by atoms with Gasteiger partial charge in [-0.25, -0.2) is 4.79 Å². The molecule has 0 aromatic heterocycles. The summed E-state index contributed by atoms with van der Waals surface area (Å²) in [6.07, 6.45) is 1.14. The summed E-state index contributed by atoms with van der Waals surface area (Å²) in [5.74, 6) is -0.618. The topological polar surface area (TPSA) is 61.8 Å². The quantitative estimate of drug-likeness (QED) is 0.669. The van der Waals surface area contributed by atoms with Gasteiger partial charge in [-0.15, -0.1) is 0 Å². The Balaban J connectivity index is 2.49. The monoisotopic (exact) mass is 216 g/mol. The number of hydrogen-bond acceptors (Lipinski definition) is 5. The van der Waals surface area contributed by atoms with Crippen LogP contribution in [0, 0.1) is 5.92 Å². The zero-order valence-corrected chi connectivity index (χ0v) is 9.02. The van der Waals surface area contributed by atoms with Crippen molar-refractivity contribution in [1.82, 2.24) is 0 Å². The molecule has 0 bridgehead atoms. The number of carbonyl (C=O) groups is 2. The average Bonchev–Trinajstić information content (AvgIpc) is 2.66. The van der Waals surface area contributed by atoms with Crippen molar-refractivity contribution < 1.29 is 23.8 Å². The SMILES string of the molecule is CCOC(=O)C1CCC[C@H]1OC(=O)OC. The molecule has 0 aromatic rings. The lowest BCUT2D eigenvalue weighted by Gasteiger charge is -2.17. The maximum atomic E-state index is 11.5. The molecule has 0 spiro atoms. The van der Waals surface area contributed by atoms with E-state index in [0.717, 1.165) is 6.42 Å². The van der Waals surface area contributed by atoms with Gasteiger partial charge in [0.2, 0.25) is 0 Å². The average molecular weight is 216 g/mol. The number of methoxy groups -OCH3 is 1. The molecule has 1 saturated carbocycles. The molecule has 0 N–H and O–H groups in total. The standard InChI is InChI=1S/C10H16O5/c1-3-14-9(11)7-5-4-6-8(7)15-10(12)13-2/h7-8H,3-6H2,1-2H3/t7?,8-/m1/s1. The van der Waals surface area contributed by atoms with Crippen molar-refractivity contribution in [2.24, 2.45) is 5.92 Å². The van der Waals surface area contributed by atoms with Crippen LogP contribution in [0.2, 0.25) is 0 Å². The van der Waals surface area contributed by atoms with Crippen molar-refractivity contribution in [2.75, 3.05) is 13.7 Å². The Labute approximate surface area is 88.7 Å². The summed E-state index contributed by atoms with van der Waals surface area (Å²) in [6.45, 7) is 2.10. The fraction of sp³-hybridized carbons (Fsp3) is 0.800. The Morgan fingerprint density at radius 1 is 1.33 bits per heavy atom. The predicted molar refractivity (Wildman–Crippen MR) is 51.3 cm³/mol. The van der Waals surface area contributed by atoms with Crippen LogP contribution in [-0.2, 0) is 19.0 Å². The number of rotatable bonds is 3. The lowest BCUT2D eigenvalue weighted by molar-refractivity contribution is -0.151. The van der Waals surface area contributed by atoms with Crippen molar-refractivity contribution >= 4 is 12.1 Å². The van der Waals surface area contributed by atoms with Gasteiger partial charge < -0.3 is 14.2 Å². The van der Waals surface area contributed by atoms with Crippen LogP contribution < -0.4 is 0 Å². The first-order chi connectivity index (χ1) is 7.19. The van der Waals surface area contributed by atoms with E-state index in [4.69, 9.17) is 9.47 Å². The lowest BCUT2D eigenvalue weighted by atomic mass is 10.1. The van der Waals surface area contributed by atoms with Gasteiger partial charge in [0.25, 0.3) is 0 Å². The molecule has 0 aromatic carbocycles. The van der Waals surface area contributed by atoms with E-state index >= 15 is 0 Å². The fourth-order valence-corrected chi connectivity index (χ4v) is 1.76. The summed E-state index contributed by atoms with van der Waals surface area (Å²) >= 11 is 0. The van der Waals surface area contributed by atoms with Crippen molar-refractivity contribution in [1.29, 1.82) is 0 Å². The largest absolute Gasteiger partial charge is 0.508 e. The van der Waals surface area contributed by atoms with Gasteiger partial charge >= 0.3 is 12.1 Å². The third kappa shape index (κ3) is 3.11. The molecule has 1 fully saturated rings. The number of esters is 1. The first-order valence-electron chi connectivity index (χ1n) is 5.10. The van der Waals surface area contributed by atoms with Crippen LogP contribution >= 0.6 is 0 Å². The van der Waals surface area contributed by atoms with Crippen molar-refractivity contribution in [3.05, 3.63) is 0 Å². The summed E-state index contributed by atoms with van der Waals surface area (Å²) in [5.41, 5.74) is 0. The molecule has 5 heteroatoms. The molecule has 1 aliphatic carbocycles. The van der Waals surface area contributed by atoms with Gasteiger partial charge in [0, 0.05) is 0 Å². The van der Waals surface area contributed by atoms with E-state index in [2.05, 4.69) is 4.74 Å². The van der Waals surface area contributed by atoms with Gasteiger partial charge in [0.15, 0.2) is 0 Å². The molecule has 2 atom stereocenters. The first kappa shape index (κ1) is 11.8. The molecular formula is C10H16O5. The summed E-state index contributed by atoms with van der Waals surface area (Å²) in [5, 5.41) is 0. The van der Waals surface area contributed by atoms with E-state index in [1.807, 2.05) is 0 Å². The maximum absolute atomic E-state index is 11.5. The van der Waals surface area contributed by atoms with Crippen LogP contribution in [0.25, 0.3) is 0 Å². The molecule has 0 aliphatic heterocycles. The molecule has 0 saturated heterocycles. The molecule has 1 aliphatic rings. The summed E-state index contributed by atoms with van der Waals surface area (Å²) < 4.78 is 14.3. The van der Waals surface area contributed by atoms with Crippen LogP contribution in [0.5, 0.6) is 0 Å². The van der Waals surface area contributed by atoms with Gasteiger partial charge in [-0.05, 0) is 26.2 Å². The van der Waals surface area contributed by atoms with Crippen molar-refractivity contribution in [2.45, 2.75) is 32.3 Å². The molecule has 5 nitrogen and oxygen atoms in total. The van der Waals surface area contributed by atoms with Gasteiger partial charge in [-0.1, -0.05) is 0 Å². The highest BCUT2D eigenvalue weighted by Crippen LogP contribution is 2.29. The third-order valence-electron chi connectivity index (χ3n) is 2.46. The Kier molecular flexibility index (Phi) is 4.39. The lowest BCUT2D eigenvalue weighted by Crippen LogP contribution is -2.29. The highest BCUT2D eigenvalue weighted by Gasteiger charge is 2.37. The van der Waals surface area contributed by atoms with E-state index < -0.39 is 12.3 Å². The third-order valence-corrected chi connectivity index (χ3v) is 2.46. The zero-order valence-electron chi connectivity index (χ0n) is 9.02. The van der Waals surface area contributed by atoms with E-state index in [-0.39, 0.29) is 11.9 Å². The maximum Gasteiger partial charge on any atom is 0.508 e. The molecule has 15 heavy (non-hydrogen) atoms. The highest BCUT2D eigenvalue weighted by molar-refractivity contribution is 5.74. The van der Waals surface area contributed by atoms with Gasteiger partial charge in [-0.3, -0.25) is 4.79 Å². The van der Waals surface area contributed by atoms with Crippen LogP contribution in [0.15, 0.2) is 0 Å². The van der Waals surface area contributed by atoms with Crippen LogP contribution in [0.1, 0.15) is 26.2 Å². The molecule has 1 rings (SSSR count). The number of hydrogen-bond donors (Lipinski definition) is 0. The highest BCUT2D eigenvalue weighted by atomic mass is 16.7. The minimum atomic E-state index is -0.740. The second-order valence-electron chi connectivity index (χ2n) is 3.40. The molecule has 0 radical (unpaired) electrons. The minimum absolute atomic E-state index is 0.288. The van der Waals surface area contributed by atoms with Crippen LogP contribution in [0.3, 0.4) is 0 Å². The second-order valence-corrected chi connectivity index (χ2v) is 3.40. The molecule has 0 amide bonds. The van der Waals surface area contributed by atoms with Gasteiger partial charge in [0.05, 0.1) is 19.6 Å². The summed E-state index contributed by atoms with van der Waals surface area (Å²) in [6, 6.07) is 0. The Hall–Kier alpha value is -1.26. The van der Waals surface area contributed by atoms with Gasteiger partial charge in [-0.2, -0.15) is 0 Å². The van der Waals surface area contributed by atoms with Crippen molar-refractivity contribution in [3.8, 4) is 0 Å². The minimum Gasteiger partial charge on any atom is -0.466 e. The molecule has 0 heterocycles. The predicted octanol–water partition coefficient (Wildman–Crippen LogP) is 1.50. The smallest absolute Gasteiger partial charge is 0.466 e. The Morgan fingerprint density at radius 3 is 2.67 bits per heavy atom. The normalized spacial score (nSPS) is 24.7. The Bertz CT molecular complexity index is 238. The van der Waals surface area contributed by atoms with E-state index in [1.165, 1.54) is 7.11 Å². The molecule has 1 unspecified atom stereocenters. The zero-order chi connectivity index (χ0) is 11.3. The summed E-state index contributed by atoms with van der Waals surface area (Å²) in [7, 11) is 1.25. The number of carbonyl (C=O) groups excluding carboxylic acids is 2.